The largest absolute Gasteiger partial charge is 0.317 e. The highest BCUT2D eigenvalue weighted by Gasteiger charge is 2.05. The fraction of sp³-hybridized carbons (Fsp3) is 0.364. The van der Waals surface area contributed by atoms with Crippen molar-refractivity contribution in [1.29, 1.82) is 0 Å². The molecule has 1 aromatic carbocycles. The lowest BCUT2D eigenvalue weighted by Gasteiger charge is -2.14. The van der Waals surface area contributed by atoms with E-state index in [1.165, 1.54) is 4.90 Å². The van der Waals surface area contributed by atoms with E-state index in [0.717, 1.165) is 24.3 Å². The van der Waals surface area contributed by atoms with Crippen molar-refractivity contribution in [2.24, 2.45) is 0 Å². The van der Waals surface area contributed by atoms with Gasteiger partial charge in [0, 0.05) is 11.9 Å². The third-order valence-electron chi connectivity index (χ3n) is 1.87. The van der Waals surface area contributed by atoms with Crippen molar-refractivity contribution in [3.05, 3.63) is 24.3 Å². The number of thioether (sulfide) groups is 1. The summed E-state index contributed by atoms with van der Waals surface area (Å²) in [4.78, 5) is 13.4. The Morgan fingerprint density at radius 1 is 1.43 bits per heavy atom. The van der Waals surface area contributed by atoms with Crippen molar-refractivity contribution >= 4 is 23.9 Å². The minimum Gasteiger partial charge on any atom is -0.317 e. The van der Waals surface area contributed by atoms with Gasteiger partial charge >= 0.3 is 0 Å². The zero-order valence-electron chi connectivity index (χ0n) is 8.56. The highest BCUT2D eigenvalue weighted by Crippen LogP contribution is 2.28. The first-order valence-electron chi connectivity index (χ1n) is 4.69. The molecule has 3 heteroatoms. The molecule has 1 aromatic rings. The number of anilines is 1. The summed E-state index contributed by atoms with van der Waals surface area (Å²) in [5.41, 5.74) is 0.987. The smallest absolute Gasteiger partial charge is 0.213 e. The summed E-state index contributed by atoms with van der Waals surface area (Å²) >= 11 is 1.79. The lowest BCUT2D eigenvalue weighted by atomic mass is 10.3. The van der Waals surface area contributed by atoms with Gasteiger partial charge in [0.05, 0.1) is 5.69 Å². The molecule has 0 unspecified atom stereocenters. The molecular formula is C11H15NOS. The van der Waals surface area contributed by atoms with E-state index in [4.69, 9.17) is 0 Å². The molecule has 0 fully saturated rings. The van der Waals surface area contributed by atoms with Gasteiger partial charge < -0.3 is 4.90 Å². The van der Waals surface area contributed by atoms with Crippen molar-refractivity contribution in [2.75, 3.05) is 17.7 Å². The first kappa shape index (κ1) is 11.1. The molecule has 0 spiro atoms. The minimum absolute atomic E-state index is 0.839. The molecule has 14 heavy (non-hydrogen) atoms. The normalized spacial score (nSPS) is 9.86. The molecule has 1 rings (SSSR count). The predicted molar refractivity (Wildman–Crippen MR) is 61.9 cm³/mol. The van der Waals surface area contributed by atoms with E-state index in [-0.39, 0.29) is 0 Å². The van der Waals surface area contributed by atoms with Crippen LogP contribution in [0.1, 0.15) is 13.3 Å². The molecule has 0 aliphatic rings. The number of rotatable bonds is 5. The minimum atomic E-state index is 0.839. The van der Waals surface area contributed by atoms with Crippen LogP contribution in [-0.4, -0.2) is 19.2 Å². The number of hydrogen-bond acceptors (Lipinski definition) is 2. The van der Waals surface area contributed by atoms with Crippen molar-refractivity contribution in [3.63, 3.8) is 0 Å². The first-order chi connectivity index (χ1) is 6.79. The molecule has 76 valence electrons. The molecule has 0 bridgehead atoms. The molecule has 0 heterocycles. The van der Waals surface area contributed by atoms with Gasteiger partial charge in [0.15, 0.2) is 0 Å². The van der Waals surface area contributed by atoms with Crippen LogP contribution in [-0.2, 0) is 4.79 Å². The van der Waals surface area contributed by atoms with E-state index in [2.05, 4.69) is 13.0 Å². The first-order valence-corrected chi connectivity index (χ1v) is 5.68. The number of nitrogens with zero attached hydrogens (tertiary/aromatic N) is 1. The van der Waals surface area contributed by atoms with Crippen LogP contribution in [0.25, 0.3) is 0 Å². The second-order valence-electron chi connectivity index (χ2n) is 3.03. The Kier molecular flexibility index (Phi) is 4.53. The van der Waals surface area contributed by atoms with Crippen LogP contribution < -0.4 is 4.90 Å². The van der Waals surface area contributed by atoms with E-state index in [0.29, 0.717) is 0 Å². The number of benzene rings is 1. The quantitative estimate of drug-likeness (QED) is 0.549. The van der Waals surface area contributed by atoms with Crippen LogP contribution in [0.2, 0.25) is 0 Å². The zero-order chi connectivity index (χ0) is 10.4. The van der Waals surface area contributed by atoms with E-state index in [1.54, 1.807) is 23.7 Å². The summed E-state index contributed by atoms with van der Waals surface area (Å²) in [6, 6.07) is 7.97. The van der Waals surface area contributed by atoms with Gasteiger partial charge in [-0.05, 0) is 24.3 Å². The van der Waals surface area contributed by atoms with Gasteiger partial charge in [-0.2, -0.15) is 0 Å². The van der Waals surface area contributed by atoms with Crippen LogP contribution >= 0.6 is 11.8 Å². The molecule has 1 amide bonds. The van der Waals surface area contributed by atoms with Crippen molar-refractivity contribution in [1.82, 2.24) is 0 Å². The standard InChI is InChI=1S/C11H15NOS/c1-3-8-14-11-7-5-4-6-10(11)12(2)9-13/h4-7,9H,3,8H2,1-2H3. The highest BCUT2D eigenvalue weighted by molar-refractivity contribution is 7.99. The predicted octanol–water partition coefficient (Wildman–Crippen LogP) is 2.78. The average molecular weight is 209 g/mol. The Morgan fingerprint density at radius 3 is 2.79 bits per heavy atom. The highest BCUT2D eigenvalue weighted by atomic mass is 32.2. The Balaban J connectivity index is 2.85. The second kappa shape index (κ2) is 5.70. The van der Waals surface area contributed by atoms with Gasteiger partial charge in [-0.1, -0.05) is 19.1 Å². The Labute approximate surface area is 89.3 Å². The Morgan fingerprint density at radius 2 is 2.14 bits per heavy atom. The topological polar surface area (TPSA) is 20.3 Å². The van der Waals surface area contributed by atoms with Crippen LogP contribution in [0, 0.1) is 0 Å². The van der Waals surface area contributed by atoms with E-state index < -0.39 is 0 Å². The molecular weight excluding hydrogens is 194 g/mol. The number of amides is 1. The van der Waals surface area contributed by atoms with Crippen LogP contribution in [0.5, 0.6) is 0 Å². The van der Waals surface area contributed by atoms with Gasteiger partial charge in [-0.25, -0.2) is 0 Å². The average Bonchev–Trinajstić information content (AvgIpc) is 2.25. The van der Waals surface area contributed by atoms with Crippen molar-refractivity contribution in [2.45, 2.75) is 18.2 Å². The molecule has 0 N–H and O–H groups in total. The molecule has 0 aromatic heterocycles. The maximum absolute atomic E-state index is 10.6. The fourth-order valence-corrected chi connectivity index (χ4v) is 2.10. The van der Waals surface area contributed by atoms with Gasteiger partial charge in [-0.3, -0.25) is 4.79 Å². The number of carbonyl (C=O) groups excluding carboxylic acids is 1. The van der Waals surface area contributed by atoms with Gasteiger partial charge in [0.25, 0.3) is 0 Å². The van der Waals surface area contributed by atoms with E-state index in [9.17, 15) is 4.79 Å². The summed E-state index contributed by atoms with van der Waals surface area (Å²) in [6.07, 6.45) is 1.98. The molecule has 0 radical (unpaired) electrons. The molecule has 2 nitrogen and oxygen atoms in total. The Bertz CT molecular complexity index is 301. The number of hydrogen-bond donors (Lipinski definition) is 0. The molecule has 0 atom stereocenters. The lowest BCUT2D eigenvalue weighted by Crippen LogP contribution is -2.14. The number of para-hydroxylation sites is 1. The summed E-state index contributed by atoms with van der Waals surface area (Å²) in [5.74, 6) is 1.09. The maximum Gasteiger partial charge on any atom is 0.213 e. The van der Waals surface area contributed by atoms with Crippen LogP contribution in [0.15, 0.2) is 29.2 Å². The lowest BCUT2D eigenvalue weighted by molar-refractivity contribution is -0.107. The maximum atomic E-state index is 10.6. The van der Waals surface area contributed by atoms with Crippen LogP contribution in [0.4, 0.5) is 5.69 Å². The van der Waals surface area contributed by atoms with Gasteiger partial charge in [0.1, 0.15) is 0 Å². The van der Waals surface area contributed by atoms with Gasteiger partial charge in [-0.15, -0.1) is 11.8 Å². The van der Waals surface area contributed by atoms with Gasteiger partial charge in [0.2, 0.25) is 6.41 Å². The monoisotopic (exact) mass is 209 g/mol. The molecule has 0 saturated carbocycles. The third kappa shape index (κ3) is 2.77. The summed E-state index contributed by atoms with van der Waals surface area (Å²) in [6.45, 7) is 2.15. The van der Waals surface area contributed by atoms with E-state index in [1.807, 2.05) is 18.2 Å². The van der Waals surface area contributed by atoms with E-state index >= 15 is 0 Å². The summed E-state index contributed by atoms with van der Waals surface area (Å²) in [7, 11) is 1.78. The zero-order valence-corrected chi connectivity index (χ0v) is 9.38. The second-order valence-corrected chi connectivity index (χ2v) is 4.17. The summed E-state index contributed by atoms with van der Waals surface area (Å²) in [5, 5.41) is 0. The fourth-order valence-electron chi connectivity index (χ4n) is 1.14. The van der Waals surface area contributed by atoms with Crippen molar-refractivity contribution < 1.29 is 4.79 Å². The third-order valence-corrected chi connectivity index (χ3v) is 3.13. The molecule has 0 aliphatic heterocycles. The SMILES string of the molecule is CCCSc1ccccc1N(C)C=O. The number of carbonyl (C=O) groups is 1. The Hall–Kier alpha value is -0.960. The molecule has 0 saturated heterocycles. The van der Waals surface area contributed by atoms with Crippen LogP contribution in [0.3, 0.4) is 0 Å². The van der Waals surface area contributed by atoms with Crippen molar-refractivity contribution in [3.8, 4) is 0 Å². The molecule has 0 aliphatic carbocycles. The summed E-state index contributed by atoms with van der Waals surface area (Å²) < 4.78 is 0.